The van der Waals surface area contributed by atoms with Gasteiger partial charge in [0.05, 0.1) is 0 Å². The summed E-state index contributed by atoms with van der Waals surface area (Å²) >= 11 is 2.22. The van der Waals surface area contributed by atoms with Crippen LogP contribution in [0.1, 0.15) is 12.6 Å². The SMILES string of the molecule is CCc1cc(I)nn1C. The molecule has 0 aromatic carbocycles. The lowest BCUT2D eigenvalue weighted by Gasteiger charge is -1.92. The molecule has 9 heavy (non-hydrogen) atoms. The van der Waals surface area contributed by atoms with E-state index in [1.807, 2.05) is 11.7 Å². The molecule has 1 heterocycles. The molecule has 0 aliphatic carbocycles. The maximum Gasteiger partial charge on any atom is 0.123 e. The molecule has 0 bridgehead atoms. The molecule has 3 heteroatoms. The number of rotatable bonds is 1. The zero-order valence-corrected chi connectivity index (χ0v) is 7.71. The zero-order chi connectivity index (χ0) is 6.85. The van der Waals surface area contributed by atoms with Gasteiger partial charge in [-0.3, -0.25) is 4.68 Å². The number of aromatic nitrogens is 2. The fraction of sp³-hybridized carbons (Fsp3) is 0.500. The van der Waals surface area contributed by atoms with Gasteiger partial charge in [0.2, 0.25) is 0 Å². The second-order valence-electron chi connectivity index (χ2n) is 1.94. The first-order valence-electron chi connectivity index (χ1n) is 2.92. The molecule has 0 spiro atoms. The number of hydrogen-bond donors (Lipinski definition) is 0. The molecule has 0 N–H and O–H groups in total. The molecule has 0 fully saturated rings. The van der Waals surface area contributed by atoms with Crippen LogP contribution in [0.5, 0.6) is 0 Å². The summed E-state index contributed by atoms with van der Waals surface area (Å²) in [5.74, 6) is 0. The van der Waals surface area contributed by atoms with Crippen molar-refractivity contribution in [3.8, 4) is 0 Å². The Kier molecular flexibility index (Phi) is 2.10. The van der Waals surface area contributed by atoms with Crippen LogP contribution in [-0.2, 0) is 13.5 Å². The van der Waals surface area contributed by atoms with Crippen LogP contribution < -0.4 is 0 Å². The van der Waals surface area contributed by atoms with E-state index in [0.717, 1.165) is 10.1 Å². The molecule has 1 rings (SSSR count). The van der Waals surface area contributed by atoms with Crippen molar-refractivity contribution < 1.29 is 0 Å². The predicted octanol–water partition coefficient (Wildman–Crippen LogP) is 1.59. The van der Waals surface area contributed by atoms with Crippen molar-refractivity contribution in [2.24, 2.45) is 7.05 Å². The van der Waals surface area contributed by atoms with Crippen molar-refractivity contribution in [1.82, 2.24) is 9.78 Å². The van der Waals surface area contributed by atoms with Crippen LogP contribution in [0.4, 0.5) is 0 Å². The van der Waals surface area contributed by atoms with Gasteiger partial charge in [0.1, 0.15) is 3.70 Å². The van der Waals surface area contributed by atoms with Gasteiger partial charge in [-0.25, -0.2) is 0 Å². The van der Waals surface area contributed by atoms with Crippen LogP contribution in [-0.4, -0.2) is 9.78 Å². The van der Waals surface area contributed by atoms with E-state index in [2.05, 4.69) is 40.7 Å². The molecule has 50 valence electrons. The highest BCUT2D eigenvalue weighted by Crippen LogP contribution is 2.05. The molecule has 1 aromatic rings. The van der Waals surface area contributed by atoms with Gasteiger partial charge >= 0.3 is 0 Å². The number of nitrogens with zero attached hydrogens (tertiary/aromatic N) is 2. The summed E-state index contributed by atoms with van der Waals surface area (Å²) in [6.07, 6.45) is 1.06. The van der Waals surface area contributed by atoms with E-state index in [9.17, 15) is 0 Å². The molecule has 0 unspecified atom stereocenters. The van der Waals surface area contributed by atoms with Gasteiger partial charge in [0.15, 0.2) is 0 Å². The van der Waals surface area contributed by atoms with E-state index in [4.69, 9.17) is 0 Å². The van der Waals surface area contributed by atoms with Crippen LogP contribution in [0.2, 0.25) is 0 Å². The maximum atomic E-state index is 4.19. The Hall–Kier alpha value is -0.0600. The topological polar surface area (TPSA) is 17.8 Å². The number of hydrogen-bond acceptors (Lipinski definition) is 1. The molecule has 0 saturated heterocycles. The second-order valence-corrected chi connectivity index (χ2v) is 3.04. The molecule has 0 atom stereocenters. The Morgan fingerprint density at radius 3 is 2.67 bits per heavy atom. The number of halogens is 1. The van der Waals surface area contributed by atoms with Gasteiger partial charge < -0.3 is 0 Å². The third-order valence-electron chi connectivity index (χ3n) is 1.31. The normalized spacial score (nSPS) is 10.1. The first kappa shape index (κ1) is 7.05. The average molecular weight is 236 g/mol. The lowest BCUT2D eigenvalue weighted by atomic mass is 10.3. The fourth-order valence-corrected chi connectivity index (χ4v) is 1.48. The van der Waals surface area contributed by atoms with Gasteiger partial charge in [-0.05, 0) is 35.1 Å². The maximum absolute atomic E-state index is 4.19. The van der Waals surface area contributed by atoms with Gasteiger partial charge in [-0.1, -0.05) is 6.92 Å². The smallest absolute Gasteiger partial charge is 0.123 e. The van der Waals surface area contributed by atoms with Gasteiger partial charge in [0, 0.05) is 12.7 Å². The van der Waals surface area contributed by atoms with Gasteiger partial charge in [0.25, 0.3) is 0 Å². The average Bonchev–Trinajstić information content (AvgIpc) is 2.10. The van der Waals surface area contributed by atoms with Crippen molar-refractivity contribution in [3.63, 3.8) is 0 Å². The summed E-state index contributed by atoms with van der Waals surface area (Å²) in [4.78, 5) is 0. The van der Waals surface area contributed by atoms with E-state index in [1.165, 1.54) is 5.69 Å². The summed E-state index contributed by atoms with van der Waals surface area (Å²) in [5, 5.41) is 4.19. The van der Waals surface area contributed by atoms with Crippen molar-refractivity contribution in [3.05, 3.63) is 15.5 Å². The van der Waals surface area contributed by atoms with Crippen molar-refractivity contribution in [2.45, 2.75) is 13.3 Å². The molecule has 0 aliphatic rings. The Morgan fingerprint density at radius 2 is 2.44 bits per heavy atom. The summed E-state index contributed by atoms with van der Waals surface area (Å²) in [6.45, 7) is 2.13. The molecular weight excluding hydrogens is 227 g/mol. The van der Waals surface area contributed by atoms with E-state index in [1.54, 1.807) is 0 Å². The summed E-state index contributed by atoms with van der Waals surface area (Å²) in [7, 11) is 1.97. The van der Waals surface area contributed by atoms with Crippen LogP contribution in [0, 0.1) is 3.70 Å². The first-order valence-corrected chi connectivity index (χ1v) is 4.00. The largest absolute Gasteiger partial charge is 0.272 e. The van der Waals surface area contributed by atoms with E-state index in [-0.39, 0.29) is 0 Å². The molecule has 0 saturated carbocycles. The minimum absolute atomic E-state index is 1.06. The van der Waals surface area contributed by atoms with E-state index < -0.39 is 0 Å². The van der Waals surface area contributed by atoms with E-state index >= 15 is 0 Å². The van der Waals surface area contributed by atoms with Gasteiger partial charge in [-0.2, -0.15) is 5.10 Å². The van der Waals surface area contributed by atoms with Crippen LogP contribution in [0.15, 0.2) is 6.07 Å². The molecular formula is C6H9IN2. The third-order valence-corrected chi connectivity index (χ3v) is 1.84. The zero-order valence-electron chi connectivity index (χ0n) is 5.56. The van der Waals surface area contributed by atoms with Crippen LogP contribution in [0.3, 0.4) is 0 Å². The Morgan fingerprint density at radius 1 is 1.78 bits per heavy atom. The molecule has 2 nitrogen and oxygen atoms in total. The molecule has 0 amide bonds. The van der Waals surface area contributed by atoms with Crippen LogP contribution in [0.25, 0.3) is 0 Å². The van der Waals surface area contributed by atoms with E-state index in [0.29, 0.717) is 0 Å². The van der Waals surface area contributed by atoms with Crippen LogP contribution >= 0.6 is 22.6 Å². The first-order chi connectivity index (χ1) is 4.24. The Balaban J connectivity index is 3.01. The Labute approximate surface area is 68.4 Å². The number of aryl methyl sites for hydroxylation is 2. The summed E-state index contributed by atoms with van der Waals surface area (Å²) < 4.78 is 2.99. The molecule has 1 aromatic heterocycles. The highest BCUT2D eigenvalue weighted by Gasteiger charge is 1.97. The third kappa shape index (κ3) is 1.44. The minimum Gasteiger partial charge on any atom is -0.272 e. The molecule has 0 aliphatic heterocycles. The summed E-state index contributed by atoms with van der Waals surface area (Å²) in [6, 6.07) is 2.10. The fourth-order valence-electron chi connectivity index (χ4n) is 0.798. The molecule has 0 radical (unpaired) electrons. The van der Waals surface area contributed by atoms with Crippen molar-refractivity contribution in [1.29, 1.82) is 0 Å². The minimum atomic E-state index is 1.06. The summed E-state index contributed by atoms with van der Waals surface area (Å²) in [5.41, 5.74) is 1.29. The monoisotopic (exact) mass is 236 g/mol. The van der Waals surface area contributed by atoms with Gasteiger partial charge in [-0.15, -0.1) is 0 Å². The highest BCUT2D eigenvalue weighted by atomic mass is 127. The second kappa shape index (κ2) is 2.68. The predicted molar refractivity (Wildman–Crippen MR) is 45.3 cm³/mol. The van der Waals surface area contributed by atoms with Crippen molar-refractivity contribution in [2.75, 3.05) is 0 Å². The highest BCUT2D eigenvalue weighted by molar-refractivity contribution is 14.1. The van der Waals surface area contributed by atoms with Crippen molar-refractivity contribution >= 4 is 22.6 Å². The lowest BCUT2D eigenvalue weighted by molar-refractivity contribution is 0.713. The quantitative estimate of drug-likeness (QED) is 0.677. The Bertz CT molecular complexity index is 205. The standard InChI is InChI=1S/C6H9IN2/c1-3-5-4-6(7)8-9(5)2/h4H,3H2,1-2H3. The lowest BCUT2D eigenvalue weighted by Crippen LogP contribution is -1.95.